The number of benzene rings is 1. The van der Waals surface area contributed by atoms with Gasteiger partial charge in [-0.1, -0.05) is 24.3 Å². The van der Waals surface area contributed by atoms with Gasteiger partial charge in [0, 0.05) is 5.92 Å². The third-order valence-electron chi connectivity index (χ3n) is 3.31. The predicted octanol–water partition coefficient (Wildman–Crippen LogP) is 1.51. The number of alkyl carbamates (subject to hydrolysis) is 1. The average molecular weight is 203 g/mol. The second-order valence-electron chi connectivity index (χ2n) is 4.26. The molecule has 0 saturated carbocycles. The molecule has 1 heterocycles. The number of fused-ring (bicyclic) bond motifs is 1. The molecule has 1 aliphatic heterocycles. The number of hydrogen-bond donors (Lipinski definition) is 1. The molecule has 1 N–H and O–H groups in total. The summed E-state index contributed by atoms with van der Waals surface area (Å²) in [4.78, 5) is 10.9. The van der Waals surface area contributed by atoms with E-state index in [4.69, 9.17) is 4.74 Å². The summed E-state index contributed by atoms with van der Waals surface area (Å²) in [6, 6.07) is 8.47. The van der Waals surface area contributed by atoms with Crippen molar-refractivity contribution in [2.24, 2.45) is 5.92 Å². The van der Waals surface area contributed by atoms with Crippen LogP contribution in [0.2, 0.25) is 0 Å². The maximum Gasteiger partial charge on any atom is 0.407 e. The van der Waals surface area contributed by atoms with Gasteiger partial charge in [0.1, 0.15) is 6.10 Å². The van der Waals surface area contributed by atoms with Gasteiger partial charge in [0.05, 0.1) is 6.54 Å². The van der Waals surface area contributed by atoms with Crippen LogP contribution in [0.5, 0.6) is 0 Å². The molecule has 3 rings (SSSR count). The van der Waals surface area contributed by atoms with Crippen LogP contribution in [0, 0.1) is 5.92 Å². The van der Waals surface area contributed by atoms with E-state index >= 15 is 0 Å². The predicted molar refractivity (Wildman–Crippen MR) is 55.6 cm³/mol. The fourth-order valence-corrected chi connectivity index (χ4v) is 2.52. The number of cyclic esters (lactones) is 1. The van der Waals surface area contributed by atoms with Gasteiger partial charge < -0.3 is 10.1 Å². The Hall–Kier alpha value is -1.51. The lowest BCUT2D eigenvalue weighted by Gasteiger charge is -2.14. The maximum atomic E-state index is 10.9. The highest BCUT2D eigenvalue weighted by Gasteiger charge is 2.34. The molecule has 15 heavy (non-hydrogen) atoms. The Morgan fingerprint density at radius 1 is 1.20 bits per heavy atom. The molecule has 1 aliphatic carbocycles. The number of nitrogens with one attached hydrogen (secondary N) is 1. The molecule has 3 nitrogen and oxygen atoms in total. The van der Waals surface area contributed by atoms with E-state index in [1.807, 2.05) is 0 Å². The number of carbonyl (C=O) groups excluding carboxylic acids is 1. The van der Waals surface area contributed by atoms with Crippen LogP contribution in [0.15, 0.2) is 24.3 Å². The van der Waals surface area contributed by atoms with Gasteiger partial charge in [-0.15, -0.1) is 0 Å². The highest BCUT2D eigenvalue weighted by molar-refractivity contribution is 5.69. The Balaban J connectivity index is 1.76. The Morgan fingerprint density at radius 3 is 2.40 bits per heavy atom. The van der Waals surface area contributed by atoms with Crippen LogP contribution >= 0.6 is 0 Å². The van der Waals surface area contributed by atoms with Gasteiger partial charge in [0.2, 0.25) is 0 Å². The Morgan fingerprint density at radius 2 is 1.87 bits per heavy atom. The van der Waals surface area contributed by atoms with Crippen LogP contribution in [-0.2, 0) is 17.6 Å². The second-order valence-corrected chi connectivity index (χ2v) is 4.26. The maximum absolute atomic E-state index is 10.9. The molecule has 1 atom stereocenters. The van der Waals surface area contributed by atoms with Crippen molar-refractivity contribution in [2.45, 2.75) is 18.9 Å². The topological polar surface area (TPSA) is 38.3 Å². The standard InChI is InChI=1S/C12H13NO2/c14-12-13-7-11(15-12)10-5-8-3-1-2-4-9(8)6-10/h1-4,10-11H,5-7H2,(H,13,14). The average Bonchev–Trinajstić information content (AvgIpc) is 2.82. The zero-order valence-corrected chi connectivity index (χ0v) is 8.40. The van der Waals surface area contributed by atoms with Crippen LogP contribution in [0.1, 0.15) is 11.1 Å². The van der Waals surface area contributed by atoms with Crippen molar-refractivity contribution in [2.75, 3.05) is 6.54 Å². The van der Waals surface area contributed by atoms with E-state index in [9.17, 15) is 4.79 Å². The summed E-state index contributed by atoms with van der Waals surface area (Å²) in [7, 11) is 0. The first-order valence-corrected chi connectivity index (χ1v) is 5.34. The zero-order chi connectivity index (χ0) is 10.3. The third-order valence-corrected chi connectivity index (χ3v) is 3.31. The molecule has 1 aromatic carbocycles. The molecule has 78 valence electrons. The summed E-state index contributed by atoms with van der Waals surface area (Å²) in [6.45, 7) is 0.664. The number of carbonyl (C=O) groups is 1. The SMILES string of the molecule is O=C1NCC(C2Cc3ccccc3C2)O1. The lowest BCUT2D eigenvalue weighted by molar-refractivity contribution is 0.108. The molecule has 0 aromatic heterocycles. The summed E-state index contributed by atoms with van der Waals surface area (Å²) in [6.07, 6.45) is 1.87. The number of hydrogen-bond acceptors (Lipinski definition) is 2. The van der Waals surface area contributed by atoms with Gasteiger partial charge in [0.15, 0.2) is 0 Å². The van der Waals surface area contributed by atoms with E-state index < -0.39 is 0 Å². The third kappa shape index (κ3) is 1.48. The minimum Gasteiger partial charge on any atom is -0.444 e. The van der Waals surface area contributed by atoms with Crippen molar-refractivity contribution in [3.8, 4) is 0 Å². The number of ether oxygens (including phenoxy) is 1. The molecule has 1 saturated heterocycles. The van der Waals surface area contributed by atoms with Crippen LogP contribution in [0.3, 0.4) is 0 Å². The van der Waals surface area contributed by atoms with Gasteiger partial charge >= 0.3 is 6.09 Å². The van der Waals surface area contributed by atoms with Gasteiger partial charge in [-0.2, -0.15) is 0 Å². The minimum absolute atomic E-state index is 0.0601. The van der Waals surface area contributed by atoms with Crippen molar-refractivity contribution in [1.29, 1.82) is 0 Å². The molecule has 0 radical (unpaired) electrons. The van der Waals surface area contributed by atoms with Crippen LogP contribution < -0.4 is 5.32 Å². The molecule has 1 unspecified atom stereocenters. The van der Waals surface area contributed by atoms with E-state index in [0.29, 0.717) is 12.5 Å². The van der Waals surface area contributed by atoms with E-state index in [-0.39, 0.29) is 12.2 Å². The molecule has 1 aromatic rings. The Kier molecular flexibility index (Phi) is 1.91. The minimum atomic E-state index is -0.268. The smallest absolute Gasteiger partial charge is 0.407 e. The van der Waals surface area contributed by atoms with E-state index in [2.05, 4.69) is 29.6 Å². The van der Waals surface area contributed by atoms with Crippen molar-refractivity contribution in [3.05, 3.63) is 35.4 Å². The zero-order valence-electron chi connectivity index (χ0n) is 8.40. The number of amides is 1. The van der Waals surface area contributed by atoms with E-state index in [1.165, 1.54) is 11.1 Å². The van der Waals surface area contributed by atoms with E-state index in [0.717, 1.165) is 12.8 Å². The Bertz CT molecular complexity index is 377. The molecular weight excluding hydrogens is 190 g/mol. The monoisotopic (exact) mass is 203 g/mol. The molecular formula is C12H13NO2. The fraction of sp³-hybridized carbons (Fsp3) is 0.417. The quantitative estimate of drug-likeness (QED) is 0.751. The van der Waals surface area contributed by atoms with Crippen LogP contribution in [-0.4, -0.2) is 18.7 Å². The van der Waals surface area contributed by atoms with E-state index in [1.54, 1.807) is 0 Å². The molecule has 2 aliphatic rings. The van der Waals surface area contributed by atoms with Crippen LogP contribution in [0.4, 0.5) is 4.79 Å². The molecule has 0 bridgehead atoms. The highest BCUT2D eigenvalue weighted by Crippen LogP contribution is 2.30. The van der Waals surface area contributed by atoms with Gasteiger partial charge in [-0.25, -0.2) is 4.79 Å². The van der Waals surface area contributed by atoms with Gasteiger partial charge in [0.25, 0.3) is 0 Å². The lowest BCUT2D eigenvalue weighted by atomic mass is 9.99. The fourth-order valence-electron chi connectivity index (χ4n) is 2.52. The van der Waals surface area contributed by atoms with Crippen molar-refractivity contribution < 1.29 is 9.53 Å². The van der Waals surface area contributed by atoms with Crippen molar-refractivity contribution in [3.63, 3.8) is 0 Å². The van der Waals surface area contributed by atoms with Crippen molar-refractivity contribution in [1.82, 2.24) is 5.32 Å². The second kappa shape index (κ2) is 3.26. The molecule has 0 spiro atoms. The first-order chi connectivity index (χ1) is 7.33. The van der Waals surface area contributed by atoms with Crippen LogP contribution in [0.25, 0.3) is 0 Å². The number of rotatable bonds is 1. The first-order valence-electron chi connectivity index (χ1n) is 5.34. The Labute approximate surface area is 88.4 Å². The highest BCUT2D eigenvalue weighted by atomic mass is 16.6. The summed E-state index contributed by atoms with van der Waals surface area (Å²) in [5.41, 5.74) is 2.82. The summed E-state index contributed by atoms with van der Waals surface area (Å²) >= 11 is 0. The molecule has 3 heteroatoms. The largest absolute Gasteiger partial charge is 0.444 e. The lowest BCUT2D eigenvalue weighted by Crippen LogP contribution is -2.24. The normalized spacial score (nSPS) is 24.8. The summed E-state index contributed by atoms with van der Waals surface area (Å²) in [5.74, 6) is 0.460. The molecule has 1 amide bonds. The van der Waals surface area contributed by atoms with Crippen molar-refractivity contribution >= 4 is 6.09 Å². The summed E-state index contributed by atoms with van der Waals surface area (Å²) in [5, 5.41) is 2.71. The van der Waals surface area contributed by atoms with Gasteiger partial charge in [-0.3, -0.25) is 0 Å². The van der Waals surface area contributed by atoms with Gasteiger partial charge in [-0.05, 0) is 24.0 Å². The summed E-state index contributed by atoms with van der Waals surface area (Å²) < 4.78 is 5.23. The first kappa shape index (κ1) is 8.77. The molecule has 1 fully saturated rings.